The van der Waals surface area contributed by atoms with Gasteiger partial charge in [-0.05, 0) is 44.4 Å². The second-order valence-electron chi connectivity index (χ2n) is 4.68. The molecule has 0 aromatic heterocycles. The van der Waals surface area contributed by atoms with Crippen molar-refractivity contribution in [3.8, 4) is 0 Å². The summed E-state index contributed by atoms with van der Waals surface area (Å²) in [6, 6.07) is 7.33. The van der Waals surface area contributed by atoms with Gasteiger partial charge in [-0.3, -0.25) is 0 Å². The number of nitrogens with two attached hydrogens (primary N) is 1. The van der Waals surface area contributed by atoms with Crippen molar-refractivity contribution in [2.45, 2.75) is 38.4 Å². The molecule has 0 amide bonds. The fourth-order valence-electron chi connectivity index (χ4n) is 1.47. The van der Waals surface area contributed by atoms with E-state index in [0.717, 1.165) is 12.0 Å². The van der Waals surface area contributed by atoms with Crippen LogP contribution in [-0.4, -0.2) is 17.8 Å². The summed E-state index contributed by atoms with van der Waals surface area (Å²) >= 11 is 0. The van der Waals surface area contributed by atoms with Crippen molar-refractivity contribution in [2.24, 2.45) is 0 Å². The van der Waals surface area contributed by atoms with E-state index in [1.54, 1.807) is 19.2 Å². The van der Waals surface area contributed by atoms with E-state index in [1.165, 1.54) is 0 Å². The van der Waals surface area contributed by atoms with Crippen LogP contribution in [-0.2, 0) is 4.74 Å². The maximum atomic E-state index is 9.97. The molecule has 3 N–H and O–H groups in total. The summed E-state index contributed by atoms with van der Waals surface area (Å²) in [4.78, 5) is 0. The van der Waals surface area contributed by atoms with Gasteiger partial charge in [-0.15, -0.1) is 0 Å². The molecule has 0 aliphatic rings. The van der Waals surface area contributed by atoms with Crippen molar-refractivity contribution in [1.29, 1.82) is 0 Å². The quantitative estimate of drug-likeness (QED) is 0.754. The van der Waals surface area contributed by atoms with Crippen LogP contribution in [0.15, 0.2) is 24.3 Å². The zero-order chi connectivity index (χ0) is 12.2. The van der Waals surface area contributed by atoms with Crippen molar-refractivity contribution >= 4 is 5.69 Å². The second kappa shape index (κ2) is 5.32. The summed E-state index contributed by atoms with van der Waals surface area (Å²) in [5.74, 6) is 0. The lowest BCUT2D eigenvalue weighted by Crippen LogP contribution is -2.23. The molecule has 1 unspecified atom stereocenters. The highest BCUT2D eigenvalue weighted by atomic mass is 16.5. The van der Waals surface area contributed by atoms with Crippen LogP contribution in [0.4, 0.5) is 5.69 Å². The normalized spacial score (nSPS) is 13.8. The minimum Gasteiger partial charge on any atom is -0.399 e. The molecule has 0 spiro atoms. The summed E-state index contributed by atoms with van der Waals surface area (Å²) in [5.41, 5.74) is 7.02. The Bertz CT molecular complexity index is 319. The van der Waals surface area contributed by atoms with E-state index in [0.29, 0.717) is 12.1 Å². The van der Waals surface area contributed by atoms with Crippen LogP contribution < -0.4 is 5.73 Å². The number of methoxy groups -OCH3 is 1. The standard InChI is InChI=1S/C13H21NO2/c1-13(2,16-3)9-8-12(15)10-4-6-11(14)7-5-10/h4-7,12,15H,8-9,14H2,1-3H3. The highest BCUT2D eigenvalue weighted by Crippen LogP contribution is 2.24. The van der Waals surface area contributed by atoms with Gasteiger partial charge in [0, 0.05) is 12.8 Å². The van der Waals surface area contributed by atoms with Crippen LogP contribution in [0.3, 0.4) is 0 Å². The van der Waals surface area contributed by atoms with E-state index >= 15 is 0 Å². The third-order valence-electron chi connectivity index (χ3n) is 2.89. The van der Waals surface area contributed by atoms with Crippen LogP contribution in [0.1, 0.15) is 38.4 Å². The van der Waals surface area contributed by atoms with Gasteiger partial charge in [0.2, 0.25) is 0 Å². The Hall–Kier alpha value is -1.06. The largest absolute Gasteiger partial charge is 0.399 e. The fourth-order valence-corrected chi connectivity index (χ4v) is 1.47. The highest BCUT2D eigenvalue weighted by molar-refractivity contribution is 5.39. The molecule has 3 heteroatoms. The molecule has 3 nitrogen and oxygen atoms in total. The Balaban J connectivity index is 2.53. The number of ether oxygens (including phenoxy) is 1. The SMILES string of the molecule is COC(C)(C)CCC(O)c1ccc(N)cc1. The lowest BCUT2D eigenvalue weighted by atomic mass is 9.96. The fraction of sp³-hybridized carbons (Fsp3) is 0.538. The molecule has 0 saturated heterocycles. The van der Waals surface area contributed by atoms with Gasteiger partial charge in [0.05, 0.1) is 11.7 Å². The molecule has 0 saturated carbocycles. The molecule has 0 bridgehead atoms. The zero-order valence-corrected chi connectivity index (χ0v) is 10.2. The molecule has 0 aliphatic heterocycles. The van der Waals surface area contributed by atoms with Crippen LogP contribution in [0.2, 0.25) is 0 Å². The Labute approximate surface area is 97.2 Å². The number of rotatable bonds is 5. The molecule has 0 radical (unpaired) electrons. The average Bonchev–Trinajstić information content (AvgIpc) is 2.27. The maximum Gasteiger partial charge on any atom is 0.0791 e. The monoisotopic (exact) mass is 223 g/mol. The Morgan fingerprint density at radius 1 is 1.31 bits per heavy atom. The van der Waals surface area contributed by atoms with Crippen LogP contribution in [0.5, 0.6) is 0 Å². The van der Waals surface area contributed by atoms with Gasteiger partial charge in [0.25, 0.3) is 0 Å². The van der Waals surface area contributed by atoms with E-state index in [9.17, 15) is 5.11 Å². The Kier molecular flexibility index (Phi) is 4.33. The first kappa shape index (κ1) is 13.0. The number of hydrogen-bond acceptors (Lipinski definition) is 3. The molecule has 0 fully saturated rings. The summed E-state index contributed by atoms with van der Waals surface area (Å²) in [5, 5.41) is 9.97. The smallest absolute Gasteiger partial charge is 0.0791 e. The van der Waals surface area contributed by atoms with Crippen molar-refractivity contribution in [3.63, 3.8) is 0 Å². The molecule has 16 heavy (non-hydrogen) atoms. The van der Waals surface area contributed by atoms with Crippen LogP contribution >= 0.6 is 0 Å². The summed E-state index contributed by atoms with van der Waals surface area (Å²) in [6.07, 6.45) is 1.05. The van der Waals surface area contributed by atoms with Gasteiger partial charge in [-0.25, -0.2) is 0 Å². The molecular formula is C13H21NO2. The van der Waals surface area contributed by atoms with Crippen molar-refractivity contribution in [3.05, 3.63) is 29.8 Å². The molecule has 90 valence electrons. The molecule has 1 aromatic carbocycles. The van der Waals surface area contributed by atoms with E-state index in [4.69, 9.17) is 10.5 Å². The average molecular weight is 223 g/mol. The Morgan fingerprint density at radius 3 is 2.38 bits per heavy atom. The molecule has 1 atom stereocenters. The first-order chi connectivity index (χ1) is 7.44. The number of nitrogen functional groups attached to an aromatic ring is 1. The minimum atomic E-state index is -0.449. The highest BCUT2D eigenvalue weighted by Gasteiger charge is 2.18. The summed E-state index contributed by atoms with van der Waals surface area (Å²) < 4.78 is 5.31. The molecule has 0 aliphatic carbocycles. The van der Waals surface area contributed by atoms with Gasteiger partial charge in [-0.1, -0.05) is 12.1 Å². The molecular weight excluding hydrogens is 202 g/mol. The third kappa shape index (κ3) is 3.83. The number of aliphatic hydroxyl groups excluding tert-OH is 1. The number of hydrogen-bond donors (Lipinski definition) is 2. The lowest BCUT2D eigenvalue weighted by Gasteiger charge is -2.24. The predicted molar refractivity (Wildman–Crippen MR) is 66.1 cm³/mol. The third-order valence-corrected chi connectivity index (χ3v) is 2.89. The maximum absolute atomic E-state index is 9.97. The van der Waals surface area contributed by atoms with Crippen molar-refractivity contribution in [1.82, 2.24) is 0 Å². The summed E-state index contributed by atoms with van der Waals surface area (Å²) in [7, 11) is 1.69. The number of anilines is 1. The molecule has 1 rings (SSSR count). The molecule has 1 aromatic rings. The van der Waals surface area contributed by atoms with Gasteiger partial charge < -0.3 is 15.6 Å². The van der Waals surface area contributed by atoms with E-state index in [-0.39, 0.29) is 5.60 Å². The summed E-state index contributed by atoms with van der Waals surface area (Å²) in [6.45, 7) is 4.03. The topological polar surface area (TPSA) is 55.5 Å². The number of aliphatic hydroxyl groups is 1. The van der Waals surface area contributed by atoms with E-state index < -0.39 is 6.10 Å². The predicted octanol–water partition coefficient (Wildman–Crippen LogP) is 2.51. The van der Waals surface area contributed by atoms with Gasteiger partial charge >= 0.3 is 0 Å². The first-order valence-corrected chi connectivity index (χ1v) is 5.53. The van der Waals surface area contributed by atoms with Crippen molar-refractivity contribution < 1.29 is 9.84 Å². The second-order valence-corrected chi connectivity index (χ2v) is 4.68. The van der Waals surface area contributed by atoms with Gasteiger partial charge in [0.1, 0.15) is 0 Å². The van der Waals surface area contributed by atoms with Gasteiger partial charge in [-0.2, -0.15) is 0 Å². The van der Waals surface area contributed by atoms with Crippen LogP contribution in [0.25, 0.3) is 0 Å². The lowest BCUT2D eigenvalue weighted by molar-refractivity contribution is 0.00279. The van der Waals surface area contributed by atoms with Crippen LogP contribution in [0, 0.1) is 0 Å². The van der Waals surface area contributed by atoms with E-state index in [1.807, 2.05) is 26.0 Å². The van der Waals surface area contributed by atoms with E-state index in [2.05, 4.69) is 0 Å². The minimum absolute atomic E-state index is 0.186. The van der Waals surface area contributed by atoms with Crippen molar-refractivity contribution in [2.75, 3.05) is 12.8 Å². The Morgan fingerprint density at radius 2 is 1.88 bits per heavy atom. The molecule has 0 heterocycles. The zero-order valence-electron chi connectivity index (χ0n) is 10.2. The van der Waals surface area contributed by atoms with Gasteiger partial charge in [0.15, 0.2) is 0 Å². The number of benzene rings is 1. The first-order valence-electron chi connectivity index (χ1n) is 5.53.